The van der Waals surface area contributed by atoms with Crippen LogP contribution in [0, 0.1) is 6.92 Å². The minimum Gasteiger partial charge on any atom is -0.490 e. The van der Waals surface area contributed by atoms with Gasteiger partial charge in [0, 0.05) is 17.4 Å². The van der Waals surface area contributed by atoms with Crippen LogP contribution in [-0.2, 0) is 14.9 Å². The highest BCUT2D eigenvalue weighted by molar-refractivity contribution is 7.12. The normalized spacial score (nSPS) is 11.8. The fraction of sp³-hybridized carbons (Fsp3) is 0.733. The quantitative estimate of drug-likeness (QED) is 0.646. The molecule has 0 amide bonds. The van der Waals surface area contributed by atoms with Crippen LogP contribution < -0.4 is 4.74 Å². The van der Waals surface area contributed by atoms with Crippen molar-refractivity contribution < 1.29 is 14.2 Å². The van der Waals surface area contributed by atoms with Crippen molar-refractivity contribution in [2.75, 3.05) is 33.5 Å². The van der Waals surface area contributed by atoms with E-state index in [1.807, 2.05) is 11.3 Å². The van der Waals surface area contributed by atoms with Crippen LogP contribution in [0.4, 0.5) is 0 Å². The molecule has 0 atom stereocenters. The molecule has 0 saturated heterocycles. The van der Waals surface area contributed by atoms with E-state index in [0.717, 1.165) is 12.2 Å². The molecule has 1 aromatic heterocycles. The van der Waals surface area contributed by atoms with E-state index in [2.05, 4.69) is 33.8 Å². The molecule has 0 spiro atoms. The molecule has 1 aromatic rings. The first-order valence-corrected chi connectivity index (χ1v) is 7.63. The van der Waals surface area contributed by atoms with Crippen LogP contribution in [0.25, 0.3) is 0 Å². The summed E-state index contributed by atoms with van der Waals surface area (Å²) in [5, 5.41) is 0. The number of hydrogen-bond donors (Lipinski definition) is 0. The van der Waals surface area contributed by atoms with Crippen molar-refractivity contribution in [3.8, 4) is 5.75 Å². The van der Waals surface area contributed by atoms with Crippen molar-refractivity contribution in [3.63, 3.8) is 0 Å². The molecule has 0 bridgehead atoms. The Labute approximate surface area is 120 Å². The second-order valence-electron chi connectivity index (χ2n) is 5.24. The average Bonchev–Trinajstić information content (AvgIpc) is 2.76. The number of thiophene rings is 1. The van der Waals surface area contributed by atoms with Gasteiger partial charge >= 0.3 is 0 Å². The highest BCUT2D eigenvalue weighted by atomic mass is 32.1. The highest BCUT2D eigenvalue weighted by Gasteiger charge is 2.25. The molecule has 0 aliphatic rings. The molecule has 0 radical (unpaired) electrons. The van der Waals surface area contributed by atoms with Crippen molar-refractivity contribution in [2.45, 2.75) is 39.5 Å². The zero-order valence-corrected chi connectivity index (χ0v) is 13.6. The van der Waals surface area contributed by atoms with Gasteiger partial charge in [0.2, 0.25) is 0 Å². The maximum Gasteiger partial charge on any atom is 0.134 e. The highest BCUT2D eigenvalue weighted by Crippen LogP contribution is 2.40. The Morgan fingerprint density at radius 2 is 1.84 bits per heavy atom. The van der Waals surface area contributed by atoms with Gasteiger partial charge in [-0.3, -0.25) is 0 Å². The molecule has 4 heteroatoms. The second kappa shape index (κ2) is 7.88. The lowest BCUT2D eigenvalue weighted by Gasteiger charge is -2.22. The number of ether oxygens (including phenoxy) is 3. The predicted molar refractivity (Wildman–Crippen MR) is 80.6 cm³/mol. The molecule has 110 valence electrons. The summed E-state index contributed by atoms with van der Waals surface area (Å²) < 4.78 is 16.2. The molecule has 0 saturated carbocycles. The molecule has 1 rings (SSSR count). The standard InChI is InChI=1S/C15H26O3S/c1-6-15(3,4)14-13(11-12(2)19-14)18-10-9-17-8-7-16-5/h11H,6-10H2,1-5H3. The molecule has 19 heavy (non-hydrogen) atoms. The van der Waals surface area contributed by atoms with E-state index in [4.69, 9.17) is 14.2 Å². The summed E-state index contributed by atoms with van der Waals surface area (Å²) in [5.41, 5.74) is 0.172. The van der Waals surface area contributed by atoms with Gasteiger partial charge in [0.25, 0.3) is 0 Å². The smallest absolute Gasteiger partial charge is 0.134 e. The van der Waals surface area contributed by atoms with E-state index < -0.39 is 0 Å². The van der Waals surface area contributed by atoms with Crippen molar-refractivity contribution >= 4 is 11.3 Å². The minimum atomic E-state index is 0.172. The van der Waals surface area contributed by atoms with Gasteiger partial charge < -0.3 is 14.2 Å². The number of hydrogen-bond acceptors (Lipinski definition) is 4. The Kier molecular flexibility index (Phi) is 6.83. The van der Waals surface area contributed by atoms with Crippen LogP contribution in [-0.4, -0.2) is 33.5 Å². The Bertz CT molecular complexity index is 371. The maximum atomic E-state index is 5.87. The Morgan fingerprint density at radius 1 is 1.16 bits per heavy atom. The lowest BCUT2D eigenvalue weighted by atomic mass is 9.88. The van der Waals surface area contributed by atoms with Gasteiger partial charge in [-0.1, -0.05) is 20.8 Å². The summed E-state index contributed by atoms with van der Waals surface area (Å²) in [4.78, 5) is 2.64. The summed E-state index contributed by atoms with van der Waals surface area (Å²) in [6, 6.07) is 2.13. The summed E-state index contributed by atoms with van der Waals surface area (Å²) in [5.74, 6) is 1.02. The van der Waals surface area contributed by atoms with Gasteiger partial charge in [-0.15, -0.1) is 11.3 Å². The molecule has 0 N–H and O–H groups in total. The van der Waals surface area contributed by atoms with Crippen molar-refractivity contribution in [3.05, 3.63) is 15.8 Å². The molecule has 0 aromatic carbocycles. The van der Waals surface area contributed by atoms with Gasteiger partial charge in [-0.25, -0.2) is 0 Å². The number of aryl methyl sites for hydroxylation is 1. The van der Waals surface area contributed by atoms with Crippen LogP contribution in [0.1, 0.15) is 36.9 Å². The zero-order chi connectivity index (χ0) is 14.3. The second-order valence-corrected chi connectivity index (χ2v) is 6.50. The van der Waals surface area contributed by atoms with Gasteiger partial charge in [0.15, 0.2) is 0 Å². The van der Waals surface area contributed by atoms with Gasteiger partial charge in [-0.2, -0.15) is 0 Å². The molecule has 0 unspecified atom stereocenters. The fourth-order valence-corrected chi connectivity index (χ4v) is 2.81. The topological polar surface area (TPSA) is 27.7 Å². The lowest BCUT2D eigenvalue weighted by molar-refractivity contribution is 0.0542. The fourth-order valence-electron chi connectivity index (χ4n) is 1.69. The Hall–Kier alpha value is -0.580. The van der Waals surface area contributed by atoms with E-state index >= 15 is 0 Å². The van der Waals surface area contributed by atoms with E-state index in [9.17, 15) is 0 Å². The third-order valence-corrected chi connectivity index (χ3v) is 4.63. The molecule has 0 aliphatic carbocycles. The third-order valence-electron chi connectivity index (χ3n) is 3.24. The summed E-state index contributed by atoms with van der Waals surface area (Å²) >= 11 is 1.83. The molecule has 0 aliphatic heterocycles. The van der Waals surface area contributed by atoms with E-state index in [-0.39, 0.29) is 5.41 Å². The van der Waals surface area contributed by atoms with Crippen LogP contribution in [0.3, 0.4) is 0 Å². The predicted octanol–water partition coefficient (Wildman–Crippen LogP) is 3.79. The molecular formula is C15H26O3S. The van der Waals surface area contributed by atoms with Crippen LogP contribution in [0.2, 0.25) is 0 Å². The summed E-state index contributed by atoms with van der Waals surface area (Å²) in [7, 11) is 1.67. The largest absolute Gasteiger partial charge is 0.490 e. The first kappa shape index (κ1) is 16.5. The number of methoxy groups -OCH3 is 1. The minimum absolute atomic E-state index is 0.172. The first-order chi connectivity index (χ1) is 9.01. The van der Waals surface area contributed by atoms with Gasteiger partial charge in [0.05, 0.1) is 24.7 Å². The molecule has 1 heterocycles. The average molecular weight is 286 g/mol. The van der Waals surface area contributed by atoms with Crippen molar-refractivity contribution in [2.24, 2.45) is 0 Å². The summed E-state index contributed by atoms with van der Waals surface area (Å²) in [6.45, 7) is 11.3. The van der Waals surface area contributed by atoms with Crippen molar-refractivity contribution in [1.29, 1.82) is 0 Å². The third kappa shape index (κ3) is 5.13. The Balaban J connectivity index is 2.49. The van der Waals surface area contributed by atoms with E-state index in [1.54, 1.807) is 7.11 Å². The lowest BCUT2D eigenvalue weighted by Crippen LogP contribution is -2.16. The number of rotatable bonds is 9. The zero-order valence-electron chi connectivity index (χ0n) is 12.7. The van der Waals surface area contributed by atoms with Crippen molar-refractivity contribution in [1.82, 2.24) is 0 Å². The molecule has 0 fully saturated rings. The molecule has 3 nitrogen and oxygen atoms in total. The van der Waals surface area contributed by atoms with E-state index in [0.29, 0.717) is 26.4 Å². The van der Waals surface area contributed by atoms with Gasteiger partial charge in [0.1, 0.15) is 12.4 Å². The van der Waals surface area contributed by atoms with Crippen LogP contribution in [0.5, 0.6) is 5.75 Å². The first-order valence-electron chi connectivity index (χ1n) is 6.81. The van der Waals surface area contributed by atoms with E-state index in [1.165, 1.54) is 9.75 Å². The van der Waals surface area contributed by atoms with Crippen LogP contribution in [0.15, 0.2) is 6.07 Å². The van der Waals surface area contributed by atoms with Crippen LogP contribution >= 0.6 is 11.3 Å². The SMILES string of the molecule is CCC(C)(C)c1sc(C)cc1OCCOCCOC. The Morgan fingerprint density at radius 3 is 2.47 bits per heavy atom. The summed E-state index contributed by atoms with van der Waals surface area (Å²) in [6.07, 6.45) is 1.10. The van der Waals surface area contributed by atoms with Gasteiger partial charge in [-0.05, 0) is 19.4 Å². The molecular weight excluding hydrogens is 260 g/mol. The maximum absolute atomic E-state index is 5.87. The monoisotopic (exact) mass is 286 g/mol.